The standard InChI is InChI=1S/C23H27NO6S/c1-15(2)20(30-14-16-5-4-6-19(13-16)31(3,28)29)21(25)24-23(11-12-23)18-9-7-17(8-10-18)22(26)27/h4-10,13,15,20H,11-12,14H2,1-3H3,(H,24,25)(H,26,27). The molecule has 1 fully saturated rings. The quantitative estimate of drug-likeness (QED) is 0.614. The third-order valence-electron chi connectivity index (χ3n) is 5.42. The minimum atomic E-state index is -3.32. The molecule has 1 atom stereocenters. The molecular weight excluding hydrogens is 418 g/mol. The first-order chi connectivity index (χ1) is 14.5. The van der Waals surface area contributed by atoms with E-state index in [0.29, 0.717) is 5.56 Å². The van der Waals surface area contributed by atoms with Crippen LogP contribution < -0.4 is 5.32 Å². The fourth-order valence-corrected chi connectivity index (χ4v) is 4.16. The Bertz CT molecular complexity index is 1070. The molecule has 0 saturated heterocycles. The molecule has 1 unspecified atom stereocenters. The van der Waals surface area contributed by atoms with E-state index in [0.717, 1.165) is 24.7 Å². The van der Waals surface area contributed by atoms with Gasteiger partial charge in [0.2, 0.25) is 5.91 Å². The van der Waals surface area contributed by atoms with Gasteiger partial charge in [-0.2, -0.15) is 0 Å². The van der Waals surface area contributed by atoms with Gasteiger partial charge in [-0.1, -0.05) is 38.1 Å². The van der Waals surface area contributed by atoms with Gasteiger partial charge in [0.15, 0.2) is 9.84 Å². The van der Waals surface area contributed by atoms with E-state index in [-0.39, 0.29) is 28.9 Å². The van der Waals surface area contributed by atoms with Crippen molar-refractivity contribution in [2.45, 2.75) is 49.8 Å². The zero-order valence-corrected chi connectivity index (χ0v) is 18.6. The summed E-state index contributed by atoms with van der Waals surface area (Å²) in [7, 11) is -3.32. The van der Waals surface area contributed by atoms with Crippen molar-refractivity contribution in [3.05, 3.63) is 65.2 Å². The van der Waals surface area contributed by atoms with Crippen molar-refractivity contribution < 1.29 is 27.9 Å². The summed E-state index contributed by atoms with van der Waals surface area (Å²) in [5.74, 6) is -1.33. The highest BCUT2D eigenvalue weighted by Crippen LogP contribution is 2.45. The number of carboxylic acid groups (broad SMARTS) is 1. The molecule has 0 aliphatic heterocycles. The molecule has 0 aromatic heterocycles. The molecule has 31 heavy (non-hydrogen) atoms. The van der Waals surface area contributed by atoms with E-state index in [1.54, 1.807) is 30.3 Å². The summed E-state index contributed by atoms with van der Waals surface area (Å²) in [5, 5.41) is 12.1. The Morgan fingerprint density at radius 1 is 1.13 bits per heavy atom. The lowest BCUT2D eigenvalue weighted by Crippen LogP contribution is -2.44. The van der Waals surface area contributed by atoms with E-state index < -0.39 is 27.4 Å². The van der Waals surface area contributed by atoms with E-state index in [1.807, 2.05) is 13.8 Å². The van der Waals surface area contributed by atoms with E-state index >= 15 is 0 Å². The maximum absolute atomic E-state index is 13.0. The van der Waals surface area contributed by atoms with Crippen molar-refractivity contribution in [1.29, 1.82) is 0 Å². The average Bonchev–Trinajstić information content (AvgIpc) is 3.48. The minimum absolute atomic E-state index is 0.0942. The van der Waals surface area contributed by atoms with Gasteiger partial charge >= 0.3 is 5.97 Å². The maximum Gasteiger partial charge on any atom is 0.335 e. The van der Waals surface area contributed by atoms with Gasteiger partial charge in [-0.3, -0.25) is 4.79 Å². The van der Waals surface area contributed by atoms with Crippen molar-refractivity contribution in [3.63, 3.8) is 0 Å². The number of benzene rings is 2. The lowest BCUT2D eigenvalue weighted by molar-refractivity contribution is -0.137. The molecule has 2 aromatic carbocycles. The minimum Gasteiger partial charge on any atom is -0.478 e. The molecule has 2 aromatic rings. The van der Waals surface area contributed by atoms with Crippen LogP contribution in [0.25, 0.3) is 0 Å². The first kappa shape index (κ1) is 23.0. The van der Waals surface area contributed by atoms with Crippen LogP contribution in [0.2, 0.25) is 0 Å². The third-order valence-corrected chi connectivity index (χ3v) is 6.53. The van der Waals surface area contributed by atoms with E-state index in [9.17, 15) is 18.0 Å². The molecular formula is C23H27NO6S. The highest BCUT2D eigenvalue weighted by atomic mass is 32.2. The van der Waals surface area contributed by atoms with Crippen LogP contribution >= 0.6 is 0 Å². The summed E-state index contributed by atoms with van der Waals surface area (Å²) < 4.78 is 29.4. The number of nitrogens with one attached hydrogen (secondary N) is 1. The molecule has 8 heteroatoms. The molecule has 1 aliphatic carbocycles. The summed E-state index contributed by atoms with van der Waals surface area (Å²) in [6.07, 6.45) is 1.98. The monoisotopic (exact) mass is 445 g/mol. The largest absolute Gasteiger partial charge is 0.478 e. The normalized spacial score (nSPS) is 16.0. The molecule has 166 valence electrons. The van der Waals surface area contributed by atoms with Crippen molar-refractivity contribution in [1.82, 2.24) is 5.32 Å². The number of ether oxygens (including phenoxy) is 1. The smallest absolute Gasteiger partial charge is 0.335 e. The summed E-state index contributed by atoms with van der Waals surface area (Å²) >= 11 is 0. The van der Waals surface area contributed by atoms with Crippen molar-refractivity contribution in [3.8, 4) is 0 Å². The summed E-state index contributed by atoms with van der Waals surface area (Å²) in [4.78, 5) is 24.3. The fourth-order valence-electron chi connectivity index (χ4n) is 3.47. The van der Waals surface area contributed by atoms with Gasteiger partial charge < -0.3 is 15.2 Å². The first-order valence-corrected chi connectivity index (χ1v) is 12.0. The fraction of sp³-hybridized carbons (Fsp3) is 0.391. The van der Waals surface area contributed by atoms with Crippen LogP contribution in [0.3, 0.4) is 0 Å². The Kier molecular flexibility index (Phi) is 6.52. The van der Waals surface area contributed by atoms with Crippen LogP contribution in [0.4, 0.5) is 0 Å². The highest BCUT2D eigenvalue weighted by Gasteiger charge is 2.46. The molecule has 2 N–H and O–H groups in total. The number of carbonyl (C=O) groups excluding carboxylic acids is 1. The van der Waals surface area contributed by atoms with Gasteiger partial charge in [-0.25, -0.2) is 13.2 Å². The van der Waals surface area contributed by atoms with Crippen LogP contribution in [0.1, 0.15) is 48.2 Å². The summed E-state index contributed by atoms with van der Waals surface area (Å²) in [6.45, 7) is 3.89. The molecule has 0 heterocycles. The topological polar surface area (TPSA) is 110 Å². The van der Waals surface area contributed by atoms with E-state index in [2.05, 4.69) is 5.32 Å². The number of hydrogen-bond acceptors (Lipinski definition) is 5. The Hall–Kier alpha value is -2.71. The molecule has 3 rings (SSSR count). The molecule has 0 bridgehead atoms. The lowest BCUT2D eigenvalue weighted by atomic mass is 10.0. The number of aromatic carboxylic acids is 1. The third kappa shape index (κ3) is 5.51. The Labute approximate surface area is 182 Å². The highest BCUT2D eigenvalue weighted by molar-refractivity contribution is 7.90. The van der Waals surface area contributed by atoms with Gasteiger partial charge in [-0.05, 0) is 54.2 Å². The van der Waals surface area contributed by atoms with E-state index in [4.69, 9.17) is 9.84 Å². The van der Waals surface area contributed by atoms with Gasteiger partial charge in [0.1, 0.15) is 6.10 Å². The predicted octanol–water partition coefficient (Wildman–Crippen LogP) is 3.14. The number of carboxylic acids is 1. The second-order valence-corrected chi connectivity index (χ2v) is 10.4. The molecule has 1 amide bonds. The number of hydrogen-bond donors (Lipinski definition) is 2. The molecule has 0 radical (unpaired) electrons. The van der Waals surface area contributed by atoms with Gasteiger partial charge in [0.05, 0.1) is 22.6 Å². The Morgan fingerprint density at radius 2 is 1.77 bits per heavy atom. The number of rotatable bonds is 9. The van der Waals surface area contributed by atoms with Crippen LogP contribution in [0.15, 0.2) is 53.4 Å². The van der Waals surface area contributed by atoms with Crippen molar-refractivity contribution in [2.75, 3.05) is 6.26 Å². The van der Waals surface area contributed by atoms with Gasteiger partial charge in [-0.15, -0.1) is 0 Å². The number of sulfone groups is 1. The molecule has 1 aliphatic rings. The zero-order valence-electron chi connectivity index (χ0n) is 17.8. The SMILES string of the molecule is CC(C)C(OCc1cccc(S(C)(=O)=O)c1)C(=O)NC1(c2ccc(C(=O)O)cc2)CC1. The van der Waals surface area contributed by atoms with Gasteiger partial charge in [0.25, 0.3) is 0 Å². The van der Waals surface area contributed by atoms with Crippen molar-refractivity contribution >= 4 is 21.7 Å². The molecule has 7 nitrogen and oxygen atoms in total. The first-order valence-electron chi connectivity index (χ1n) is 10.1. The summed E-state index contributed by atoms with van der Waals surface area (Å²) in [6, 6.07) is 13.0. The number of carbonyl (C=O) groups is 2. The second kappa shape index (κ2) is 8.80. The average molecular weight is 446 g/mol. The lowest BCUT2D eigenvalue weighted by Gasteiger charge is -2.25. The van der Waals surface area contributed by atoms with Crippen LogP contribution in [-0.4, -0.2) is 37.8 Å². The van der Waals surface area contributed by atoms with Crippen LogP contribution in [0, 0.1) is 5.92 Å². The van der Waals surface area contributed by atoms with Gasteiger partial charge in [0, 0.05) is 6.26 Å². The van der Waals surface area contributed by atoms with E-state index in [1.165, 1.54) is 18.2 Å². The van der Waals surface area contributed by atoms with Crippen LogP contribution in [0.5, 0.6) is 0 Å². The Morgan fingerprint density at radius 3 is 2.29 bits per heavy atom. The predicted molar refractivity (Wildman–Crippen MR) is 115 cm³/mol. The maximum atomic E-state index is 13.0. The zero-order chi connectivity index (χ0) is 22.8. The number of amides is 1. The molecule has 1 saturated carbocycles. The molecule has 0 spiro atoms. The summed E-state index contributed by atoms with van der Waals surface area (Å²) in [5.41, 5.74) is 1.24. The van der Waals surface area contributed by atoms with Crippen LogP contribution in [-0.2, 0) is 31.5 Å². The van der Waals surface area contributed by atoms with Crippen molar-refractivity contribution in [2.24, 2.45) is 5.92 Å². The Balaban J connectivity index is 1.69. The second-order valence-electron chi connectivity index (χ2n) is 8.35.